The number of pyridine rings is 1. The highest BCUT2D eigenvalue weighted by Gasteiger charge is 2.28. The molecule has 3 aromatic rings. The number of aromatic nitrogens is 3. The van der Waals surface area contributed by atoms with Gasteiger partial charge in [0.15, 0.2) is 5.65 Å². The van der Waals surface area contributed by atoms with Crippen LogP contribution in [0.25, 0.3) is 11.0 Å². The number of aryl methyl sites for hydroxylation is 1. The van der Waals surface area contributed by atoms with Crippen LogP contribution in [-0.4, -0.2) is 38.7 Å². The van der Waals surface area contributed by atoms with E-state index in [1.807, 2.05) is 24.1 Å². The zero-order valence-corrected chi connectivity index (χ0v) is 14.7. The first-order valence-corrected chi connectivity index (χ1v) is 8.92. The SMILES string of the molecule is Cn1nc(C2CCCN(C(=O)Cc3ccccc3F)C2)c2cccnc21. The molecule has 0 N–H and O–H groups in total. The quantitative estimate of drug-likeness (QED) is 0.728. The van der Waals surface area contributed by atoms with Gasteiger partial charge in [-0.3, -0.25) is 9.48 Å². The van der Waals surface area contributed by atoms with Gasteiger partial charge in [0.05, 0.1) is 12.1 Å². The average Bonchev–Trinajstić information content (AvgIpc) is 3.01. The molecule has 0 aliphatic carbocycles. The van der Waals surface area contributed by atoms with E-state index in [2.05, 4.69) is 10.1 Å². The van der Waals surface area contributed by atoms with Crippen LogP contribution in [0.1, 0.15) is 30.0 Å². The molecule has 0 bridgehead atoms. The molecule has 0 radical (unpaired) electrons. The lowest BCUT2D eigenvalue weighted by Crippen LogP contribution is -2.40. The maximum Gasteiger partial charge on any atom is 0.227 e. The van der Waals surface area contributed by atoms with E-state index in [1.54, 1.807) is 29.1 Å². The highest BCUT2D eigenvalue weighted by Crippen LogP contribution is 2.31. The van der Waals surface area contributed by atoms with Crippen LogP contribution in [0.3, 0.4) is 0 Å². The molecule has 4 rings (SSSR count). The second kappa shape index (κ2) is 6.86. The molecule has 1 atom stereocenters. The Bertz CT molecular complexity index is 952. The Kier molecular flexibility index (Phi) is 4.41. The third-order valence-electron chi connectivity index (χ3n) is 5.09. The number of carbonyl (C=O) groups excluding carboxylic acids is 1. The van der Waals surface area contributed by atoms with Crippen LogP contribution in [-0.2, 0) is 18.3 Å². The second-order valence-corrected chi connectivity index (χ2v) is 6.83. The standard InChI is InChI=1S/C20H21FN4O/c1-24-20-16(8-4-10-22-20)19(23-24)15-7-5-11-25(13-15)18(26)12-14-6-2-3-9-17(14)21/h2-4,6,8-10,15H,5,7,11-13H2,1H3. The van der Waals surface area contributed by atoms with E-state index in [0.717, 1.165) is 29.6 Å². The summed E-state index contributed by atoms with van der Waals surface area (Å²) >= 11 is 0. The molecular formula is C20H21FN4O. The molecule has 134 valence electrons. The summed E-state index contributed by atoms with van der Waals surface area (Å²) in [7, 11) is 1.89. The van der Waals surface area contributed by atoms with Gasteiger partial charge in [0, 0.05) is 37.6 Å². The van der Waals surface area contributed by atoms with E-state index in [4.69, 9.17) is 0 Å². The Morgan fingerprint density at radius 2 is 2.12 bits per heavy atom. The number of piperidine rings is 1. The minimum absolute atomic E-state index is 0.0295. The summed E-state index contributed by atoms with van der Waals surface area (Å²) in [5.41, 5.74) is 2.31. The van der Waals surface area contributed by atoms with Crippen molar-refractivity contribution in [1.29, 1.82) is 0 Å². The minimum atomic E-state index is -0.323. The van der Waals surface area contributed by atoms with E-state index in [1.165, 1.54) is 6.07 Å². The fourth-order valence-electron chi connectivity index (χ4n) is 3.76. The molecule has 3 heterocycles. The maximum absolute atomic E-state index is 13.8. The molecule has 2 aromatic heterocycles. The summed E-state index contributed by atoms with van der Waals surface area (Å²) in [4.78, 5) is 18.9. The van der Waals surface area contributed by atoms with E-state index in [0.29, 0.717) is 18.7 Å². The predicted molar refractivity (Wildman–Crippen MR) is 97.2 cm³/mol. The number of hydrogen-bond acceptors (Lipinski definition) is 3. The third kappa shape index (κ3) is 3.07. The van der Waals surface area contributed by atoms with Crippen LogP contribution in [0.5, 0.6) is 0 Å². The monoisotopic (exact) mass is 352 g/mol. The van der Waals surface area contributed by atoms with E-state index in [9.17, 15) is 9.18 Å². The summed E-state index contributed by atoms with van der Waals surface area (Å²) < 4.78 is 15.6. The third-order valence-corrected chi connectivity index (χ3v) is 5.09. The number of nitrogens with zero attached hydrogens (tertiary/aromatic N) is 4. The van der Waals surface area contributed by atoms with Gasteiger partial charge in [0.1, 0.15) is 5.82 Å². The zero-order valence-electron chi connectivity index (χ0n) is 14.7. The number of carbonyl (C=O) groups is 1. The largest absolute Gasteiger partial charge is 0.342 e. The molecule has 26 heavy (non-hydrogen) atoms. The molecule has 1 aliphatic rings. The normalized spacial score (nSPS) is 17.6. The van der Waals surface area contributed by atoms with Crippen molar-refractivity contribution in [2.75, 3.05) is 13.1 Å². The first-order chi connectivity index (χ1) is 12.6. The van der Waals surface area contributed by atoms with E-state index >= 15 is 0 Å². The highest BCUT2D eigenvalue weighted by molar-refractivity contribution is 5.80. The molecule has 1 aromatic carbocycles. The molecule has 1 fully saturated rings. The van der Waals surface area contributed by atoms with Gasteiger partial charge in [0.25, 0.3) is 0 Å². The van der Waals surface area contributed by atoms with Crippen LogP contribution in [0, 0.1) is 5.82 Å². The van der Waals surface area contributed by atoms with Crippen LogP contribution >= 0.6 is 0 Å². The summed E-state index contributed by atoms with van der Waals surface area (Å²) in [5.74, 6) is -0.171. The molecular weight excluding hydrogens is 331 g/mol. The lowest BCUT2D eigenvalue weighted by molar-refractivity contribution is -0.131. The molecule has 1 saturated heterocycles. The van der Waals surface area contributed by atoms with Gasteiger partial charge in [-0.2, -0.15) is 5.10 Å². The number of fused-ring (bicyclic) bond motifs is 1. The zero-order chi connectivity index (χ0) is 18.1. The summed E-state index contributed by atoms with van der Waals surface area (Å²) in [5, 5.41) is 5.71. The molecule has 0 spiro atoms. The Balaban J connectivity index is 1.54. The van der Waals surface area contributed by atoms with Crippen molar-refractivity contribution in [3.05, 3.63) is 59.7 Å². The Hall–Kier alpha value is -2.76. The molecule has 5 nitrogen and oxygen atoms in total. The number of rotatable bonds is 3. The number of amides is 1. The van der Waals surface area contributed by atoms with E-state index < -0.39 is 0 Å². The van der Waals surface area contributed by atoms with Crippen LogP contribution in [0.2, 0.25) is 0 Å². The van der Waals surface area contributed by atoms with Gasteiger partial charge in [-0.1, -0.05) is 18.2 Å². The smallest absolute Gasteiger partial charge is 0.227 e. The molecule has 1 amide bonds. The van der Waals surface area contributed by atoms with Crippen LogP contribution < -0.4 is 0 Å². The van der Waals surface area contributed by atoms with Crippen molar-refractivity contribution in [1.82, 2.24) is 19.7 Å². The van der Waals surface area contributed by atoms with Crippen LogP contribution in [0.15, 0.2) is 42.6 Å². The predicted octanol–water partition coefficient (Wildman–Crippen LogP) is 3.06. The molecule has 1 unspecified atom stereocenters. The number of hydrogen-bond donors (Lipinski definition) is 0. The lowest BCUT2D eigenvalue weighted by atomic mass is 9.93. The first kappa shape index (κ1) is 16.7. The van der Waals surface area contributed by atoms with Gasteiger partial charge in [0.2, 0.25) is 5.91 Å². The highest BCUT2D eigenvalue weighted by atomic mass is 19.1. The molecule has 1 aliphatic heterocycles. The molecule has 0 saturated carbocycles. The van der Waals surface area contributed by atoms with E-state index in [-0.39, 0.29) is 24.1 Å². The van der Waals surface area contributed by atoms with Crippen LogP contribution in [0.4, 0.5) is 4.39 Å². The van der Waals surface area contributed by atoms with Crippen molar-refractivity contribution < 1.29 is 9.18 Å². The Labute approximate surface area is 151 Å². The summed E-state index contributed by atoms with van der Waals surface area (Å²) in [6.07, 6.45) is 3.78. The summed E-state index contributed by atoms with van der Waals surface area (Å²) in [6.45, 7) is 1.33. The topological polar surface area (TPSA) is 51.0 Å². The van der Waals surface area contributed by atoms with Crippen molar-refractivity contribution in [3.63, 3.8) is 0 Å². The van der Waals surface area contributed by atoms with Crippen molar-refractivity contribution >= 4 is 16.9 Å². The fraction of sp³-hybridized carbons (Fsp3) is 0.350. The van der Waals surface area contributed by atoms with Gasteiger partial charge in [-0.05, 0) is 36.6 Å². The maximum atomic E-state index is 13.8. The number of likely N-dealkylation sites (tertiary alicyclic amines) is 1. The molecule has 6 heteroatoms. The minimum Gasteiger partial charge on any atom is -0.342 e. The van der Waals surface area contributed by atoms with Crippen molar-refractivity contribution in [3.8, 4) is 0 Å². The first-order valence-electron chi connectivity index (χ1n) is 8.92. The number of benzene rings is 1. The summed E-state index contributed by atoms with van der Waals surface area (Å²) in [6, 6.07) is 10.4. The van der Waals surface area contributed by atoms with Gasteiger partial charge in [-0.25, -0.2) is 9.37 Å². The van der Waals surface area contributed by atoms with Gasteiger partial charge < -0.3 is 4.90 Å². The van der Waals surface area contributed by atoms with Crippen molar-refractivity contribution in [2.24, 2.45) is 7.05 Å². The average molecular weight is 352 g/mol. The lowest BCUT2D eigenvalue weighted by Gasteiger charge is -2.32. The van der Waals surface area contributed by atoms with Crippen molar-refractivity contribution in [2.45, 2.75) is 25.2 Å². The Morgan fingerprint density at radius 1 is 1.27 bits per heavy atom. The number of halogens is 1. The fourth-order valence-corrected chi connectivity index (χ4v) is 3.76. The van der Waals surface area contributed by atoms with Gasteiger partial charge >= 0.3 is 0 Å². The second-order valence-electron chi connectivity index (χ2n) is 6.83. The Morgan fingerprint density at radius 3 is 2.96 bits per heavy atom. The van der Waals surface area contributed by atoms with Gasteiger partial charge in [-0.15, -0.1) is 0 Å².